The molecular weight excluding hydrogens is 677 g/mol. The SMILES string of the molecule is Cc1c(Cl)cc2c(-c3c(Cl)c(C(=O)CCCCCCCC(C)C)cc(Cl)c3C(=O)O)c3cc(Cl)c(=O)c(Cl)c-3oc2c1Cl. The number of rotatable bonds is 11. The largest absolute Gasteiger partial charge is 0.478 e. The number of carbonyl (C=O) groups excluding carboxylic acids is 1. The molecule has 228 valence electrons. The van der Waals surface area contributed by atoms with Crippen molar-refractivity contribution in [1.82, 2.24) is 0 Å². The Bertz CT molecular complexity index is 1780. The molecule has 4 rings (SSSR count). The van der Waals surface area contributed by atoms with Gasteiger partial charge in [0.05, 0.1) is 25.7 Å². The van der Waals surface area contributed by atoms with E-state index in [1.165, 1.54) is 24.6 Å². The van der Waals surface area contributed by atoms with Crippen LogP contribution in [0.3, 0.4) is 0 Å². The van der Waals surface area contributed by atoms with Gasteiger partial charge in [-0.15, -0.1) is 0 Å². The van der Waals surface area contributed by atoms with Gasteiger partial charge in [-0.2, -0.15) is 0 Å². The Hall–Kier alpha value is -1.99. The predicted octanol–water partition coefficient (Wildman–Crippen LogP) is 12.1. The number of aromatic carboxylic acids is 1. The van der Waals surface area contributed by atoms with E-state index in [0.717, 1.165) is 25.7 Å². The summed E-state index contributed by atoms with van der Waals surface area (Å²) in [6.07, 6.45) is 6.13. The monoisotopic (exact) mass is 702 g/mol. The average Bonchev–Trinajstić information content (AvgIpc) is 2.94. The summed E-state index contributed by atoms with van der Waals surface area (Å²) < 4.78 is 6.02. The lowest BCUT2D eigenvalue weighted by Crippen LogP contribution is -2.10. The Kier molecular flexibility index (Phi) is 11.0. The zero-order valence-corrected chi connectivity index (χ0v) is 28.1. The number of fused-ring (bicyclic) bond motifs is 2. The number of hydrogen-bond acceptors (Lipinski definition) is 4. The molecule has 2 aromatic rings. The summed E-state index contributed by atoms with van der Waals surface area (Å²) in [5.41, 5.74) is -0.212. The molecule has 0 unspecified atom stereocenters. The van der Waals surface area contributed by atoms with Crippen molar-refractivity contribution in [3.8, 4) is 22.5 Å². The van der Waals surface area contributed by atoms with Gasteiger partial charge in [0.25, 0.3) is 0 Å². The molecule has 43 heavy (non-hydrogen) atoms. The van der Waals surface area contributed by atoms with Gasteiger partial charge in [-0.05, 0) is 43.0 Å². The number of ketones is 1. The van der Waals surface area contributed by atoms with Crippen LogP contribution < -0.4 is 5.43 Å². The number of carboxylic acid groups (broad SMARTS) is 1. The minimum atomic E-state index is -1.40. The molecule has 5 nitrogen and oxygen atoms in total. The highest BCUT2D eigenvalue weighted by atomic mass is 35.5. The third kappa shape index (κ3) is 6.83. The Labute approximate surface area is 279 Å². The lowest BCUT2D eigenvalue weighted by molar-refractivity contribution is 0.0697. The normalized spacial score (nSPS) is 11.7. The number of Topliss-reactive ketones (excluding diaryl/α,β-unsaturated/α-hetero) is 1. The second-order valence-corrected chi connectivity index (χ2v) is 13.3. The Morgan fingerprint density at radius 3 is 2.12 bits per heavy atom. The van der Waals surface area contributed by atoms with Gasteiger partial charge in [0, 0.05) is 39.1 Å². The molecule has 1 N–H and O–H groups in total. The molecule has 2 aliphatic rings. The van der Waals surface area contributed by atoms with E-state index in [9.17, 15) is 19.5 Å². The molecule has 0 saturated carbocycles. The van der Waals surface area contributed by atoms with Crippen LogP contribution >= 0.6 is 69.6 Å². The summed E-state index contributed by atoms with van der Waals surface area (Å²) in [5.74, 6) is -1.12. The van der Waals surface area contributed by atoms with Crippen molar-refractivity contribution in [2.24, 2.45) is 5.92 Å². The summed E-state index contributed by atoms with van der Waals surface area (Å²) in [7, 11) is 0. The van der Waals surface area contributed by atoms with E-state index in [1.807, 2.05) is 0 Å². The first kappa shape index (κ1) is 33.9. The molecule has 1 heterocycles. The number of unbranched alkanes of at least 4 members (excludes halogenated alkanes) is 4. The van der Waals surface area contributed by atoms with E-state index in [1.54, 1.807) is 6.92 Å². The highest BCUT2D eigenvalue weighted by Crippen LogP contribution is 2.50. The van der Waals surface area contributed by atoms with Crippen LogP contribution in [0.4, 0.5) is 0 Å². The van der Waals surface area contributed by atoms with E-state index in [4.69, 9.17) is 74.0 Å². The first-order valence-electron chi connectivity index (χ1n) is 13.8. The van der Waals surface area contributed by atoms with Crippen molar-refractivity contribution < 1.29 is 19.1 Å². The fraction of sp³-hybridized carbons (Fsp3) is 0.344. The van der Waals surface area contributed by atoms with Crippen LogP contribution in [0.15, 0.2) is 27.4 Å². The lowest BCUT2D eigenvalue weighted by atomic mass is 9.88. The Morgan fingerprint density at radius 1 is 0.814 bits per heavy atom. The average molecular weight is 705 g/mol. The number of benzene rings is 3. The second-order valence-electron chi connectivity index (χ2n) is 10.9. The minimum absolute atomic E-state index is 0.0653. The van der Waals surface area contributed by atoms with Crippen LogP contribution in [-0.2, 0) is 0 Å². The molecule has 0 fully saturated rings. The van der Waals surface area contributed by atoms with Crippen LogP contribution in [0.5, 0.6) is 0 Å². The molecule has 2 aromatic carbocycles. The number of halogens is 6. The van der Waals surface area contributed by atoms with E-state index >= 15 is 0 Å². The number of carboxylic acids is 1. The van der Waals surface area contributed by atoms with Crippen LogP contribution in [0, 0.1) is 12.8 Å². The van der Waals surface area contributed by atoms with Crippen molar-refractivity contribution in [3.63, 3.8) is 0 Å². The van der Waals surface area contributed by atoms with Crippen molar-refractivity contribution in [2.45, 2.75) is 65.7 Å². The molecule has 0 radical (unpaired) electrons. The van der Waals surface area contributed by atoms with Crippen molar-refractivity contribution in [1.29, 1.82) is 0 Å². The van der Waals surface area contributed by atoms with Crippen molar-refractivity contribution in [3.05, 3.63) is 75.2 Å². The Morgan fingerprint density at radius 2 is 1.47 bits per heavy atom. The third-order valence-corrected chi connectivity index (χ3v) is 9.60. The fourth-order valence-corrected chi connectivity index (χ4v) is 6.76. The van der Waals surface area contributed by atoms with Crippen LogP contribution in [0.2, 0.25) is 30.1 Å². The van der Waals surface area contributed by atoms with Crippen LogP contribution in [-0.4, -0.2) is 16.9 Å². The quantitative estimate of drug-likeness (QED) is 0.0954. The van der Waals surface area contributed by atoms with Gasteiger partial charge < -0.3 is 9.52 Å². The van der Waals surface area contributed by atoms with Gasteiger partial charge in [-0.1, -0.05) is 116 Å². The number of carbonyl (C=O) groups is 2. The van der Waals surface area contributed by atoms with Crippen molar-refractivity contribution in [2.75, 3.05) is 0 Å². The highest BCUT2D eigenvalue weighted by Gasteiger charge is 2.32. The fourth-order valence-electron chi connectivity index (χ4n) is 5.14. The summed E-state index contributed by atoms with van der Waals surface area (Å²) in [6.45, 7) is 6.06. The smallest absolute Gasteiger partial charge is 0.337 e. The topological polar surface area (TPSA) is 84.6 Å². The lowest BCUT2D eigenvalue weighted by Gasteiger charge is -2.21. The third-order valence-electron chi connectivity index (χ3n) is 7.44. The predicted molar refractivity (Wildman–Crippen MR) is 178 cm³/mol. The molecular formula is C32H28Cl6O5. The Balaban J connectivity index is 1.94. The summed E-state index contributed by atoms with van der Waals surface area (Å²) >= 11 is 39.3. The van der Waals surface area contributed by atoms with Gasteiger partial charge in [-0.25, -0.2) is 4.79 Å². The molecule has 0 spiro atoms. The summed E-state index contributed by atoms with van der Waals surface area (Å²) in [6, 6.07) is 4.11. The van der Waals surface area contributed by atoms with Gasteiger partial charge in [-0.3, -0.25) is 9.59 Å². The van der Waals surface area contributed by atoms with E-state index in [-0.39, 0.29) is 86.9 Å². The highest BCUT2D eigenvalue weighted by molar-refractivity contribution is 6.44. The maximum Gasteiger partial charge on any atom is 0.337 e. The molecule has 0 amide bonds. The maximum absolute atomic E-state index is 13.5. The van der Waals surface area contributed by atoms with Gasteiger partial charge in [0.15, 0.2) is 17.1 Å². The molecule has 0 aromatic heterocycles. The molecule has 0 bridgehead atoms. The molecule has 1 aliphatic carbocycles. The molecule has 11 heteroatoms. The summed E-state index contributed by atoms with van der Waals surface area (Å²) in [5, 5.41) is 10.00. The summed E-state index contributed by atoms with van der Waals surface area (Å²) in [4.78, 5) is 38.8. The van der Waals surface area contributed by atoms with E-state index < -0.39 is 11.4 Å². The van der Waals surface area contributed by atoms with Crippen molar-refractivity contribution >= 4 is 92.3 Å². The zero-order valence-electron chi connectivity index (χ0n) is 23.6. The van der Waals surface area contributed by atoms with E-state index in [0.29, 0.717) is 17.9 Å². The van der Waals surface area contributed by atoms with Gasteiger partial charge in [0.2, 0.25) is 5.43 Å². The van der Waals surface area contributed by atoms with Crippen LogP contribution in [0.25, 0.3) is 33.4 Å². The molecule has 0 saturated heterocycles. The first-order valence-corrected chi connectivity index (χ1v) is 16.0. The first-order chi connectivity index (χ1) is 20.3. The minimum Gasteiger partial charge on any atom is -0.478 e. The van der Waals surface area contributed by atoms with Crippen LogP contribution in [0.1, 0.15) is 85.1 Å². The molecule has 1 aliphatic heterocycles. The van der Waals surface area contributed by atoms with E-state index in [2.05, 4.69) is 13.8 Å². The standard InChI is InChI=1S/C32H28Cl6O5/c1-14(2)9-7-5-4-6-8-10-22(39)16-11-20(34)24(32(41)42)25(27(16)37)23-17-12-19(33)15(3)26(36)30(17)43-31-18(23)13-21(35)29(40)28(31)38/h11-14H,4-10H2,1-3H3,(H,41,42). The maximum atomic E-state index is 13.5. The van der Waals surface area contributed by atoms with Gasteiger partial charge >= 0.3 is 5.97 Å². The van der Waals surface area contributed by atoms with Gasteiger partial charge in [0.1, 0.15) is 5.02 Å². The zero-order chi connectivity index (χ0) is 31.7. The molecule has 0 atom stereocenters. The number of hydrogen-bond donors (Lipinski definition) is 1. The second kappa shape index (κ2) is 14.0.